The van der Waals surface area contributed by atoms with Crippen LogP contribution in [0.1, 0.15) is 41.0 Å². The molecule has 216 valence electrons. The fraction of sp³-hybridized carbons (Fsp3) is 0.500. The number of hydrogen-bond donors (Lipinski definition) is 4. The van der Waals surface area contributed by atoms with Crippen LogP contribution in [-0.2, 0) is 25.1 Å². The molecule has 3 heterocycles. The molecule has 6 N–H and O–H groups in total. The molecule has 0 radical (unpaired) electrons. The van der Waals surface area contributed by atoms with Crippen LogP contribution in [-0.4, -0.2) is 84.9 Å². The molecule has 13 nitrogen and oxygen atoms in total. The maximum absolute atomic E-state index is 12.9. The van der Waals surface area contributed by atoms with Crippen molar-refractivity contribution in [1.29, 1.82) is 0 Å². The number of amides is 2. The van der Waals surface area contributed by atoms with Gasteiger partial charge in [0.05, 0.1) is 24.4 Å². The number of piperidine rings is 1. The number of likely N-dealkylation sites (tertiary alicyclic amines) is 1. The Morgan fingerprint density at radius 2 is 1.88 bits per heavy atom. The zero-order chi connectivity index (χ0) is 28.5. The predicted octanol–water partition coefficient (Wildman–Crippen LogP) is 1.26. The van der Waals surface area contributed by atoms with Gasteiger partial charge >= 0.3 is 5.91 Å². The molecule has 2 aliphatic rings. The van der Waals surface area contributed by atoms with E-state index in [1.165, 1.54) is 0 Å². The number of aliphatic imine (C=N–C) groups is 1. The number of anilines is 2. The molecule has 0 saturated carbocycles. The second-order valence-electron chi connectivity index (χ2n) is 9.64. The summed E-state index contributed by atoms with van der Waals surface area (Å²) in [6.07, 6.45) is 2.56. The average Bonchev–Trinajstić information content (AvgIpc) is 3.34. The van der Waals surface area contributed by atoms with Crippen molar-refractivity contribution in [3.63, 3.8) is 0 Å². The van der Waals surface area contributed by atoms with Gasteiger partial charge in [-0.1, -0.05) is 34.7 Å². The zero-order valence-electron chi connectivity index (χ0n) is 22.5. The first-order valence-electron chi connectivity index (χ1n) is 13.0. The van der Waals surface area contributed by atoms with Crippen molar-refractivity contribution in [2.75, 3.05) is 58.2 Å². The second-order valence-corrected chi connectivity index (χ2v) is 10.4. The van der Waals surface area contributed by atoms with Crippen molar-refractivity contribution in [3.05, 3.63) is 41.2 Å². The van der Waals surface area contributed by atoms with Gasteiger partial charge < -0.3 is 41.2 Å². The molecule has 40 heavy (non-hydrogen) atoms. The van der Waals surface area contributed by atoms with Crippen LogP contribution in [0.4, 0.5) is 11.6 Å². The Morgan fingerprint density at radius 3 is 2.58 bits per heavy atom. The third kappa shape index (κ3) is 7.69. The van der Waals surface area contributed by atoms with E-state index in [1.807, 2.05) is 29.2 Å². The maximum atomic E-state index is 12.9. The molecule has 0 atom stereocenters. The SMILES string of the molecule is COCCOCOc1ccc(CCC(=O)N2CCC3(CC2)CN/C(=N\C(=O)c2nc(CI)c(N)nc2N)N3)cc1. The molecule has 0 bridgehead atoms. The van der Waals surface area contributed by atoms with Gasteiger partial charge in [-0.05, 0) is 37.0 Å². The van der Waals surface area contributed by atoms with Crippen molar-refractivity contribution in [3.8, 4) is 5.75 Å². The number of rotatable bonds is 11. The number of carbonyl (C=O) groups excluding carboxylic acids is 2. The standard InChI is InChI=1S/C26H35IN8O5/c1-38-12-13-39-16-40-18-5-2-17(3-6-18)4-7-20(36)35-10-8-26(9-11-35)15-30-25(34-26)33-24(37)21-23(29)32-22(28)19(14-27)31-21/h2-3,5-6H,4,7-16H2,1H3,(H4,28,29,32)(H2,30,33,34,37). The minimum atomic E-state index is -0.592. The summed E-state index contributed by atoms with van der Waals surface area (Å²) in [5, 5.41) is 6.52. The molecule has 2 fully saturated rings. The average molecular weight is 667 g/mol. The summed E-state index contributed by atoms with van der Waals surface area (Å²) in [7, 11) is 1.62. The summed E-state index contributed by atoms with van der Waals surface area (Å²) in [4.78, 5) is 39.9. The second kappa shape index (κ2) is 13.9. The first kappa shape index (κ1) is 29.7. The molecule has 0 aliphatic carbocycles. The van der Waals surface area contributed by atoms with Gasteiger partial charge in [0.2, 0.25) is 5.91 Å². The van der Waals surface area contributed by atoms with E-state index >= 15 is 0 Å². The Hall–Kier alpha value is -3.24. The van der Waals surface area contributed by atoms with Gasteiger partial charge in [0.1, 0.15) is 11.6 Å². The smallest absolute Gasteiger partial charge is 0.302 e. The largest absolute Gasteiger partial charge is 0.468 e. The fourth-order valence-electron chi connectivity index (χ4n) is 4.53. The number of halogens is 1. The lowest BCUT2D eigenvalue weighted by atomic mass is 9.88. The molecule has 1 spiro atoms. The molecule has 0 unspecified atom stereocenters. The van der Waals surface area contributed by atoms with Gasteiger partial charge in [0.25, 0.3) is 0 Å². The van der Waals surface area contributed by atoms with E-state index in [0.29, 0.717) is 67.5 Å². The summed E-state index contributed by atoms with van der Waals surface area (Å²) < 4.78 is 16.3. The predicted molar refractivity (Wildman–Crippen MR) is 158 cm³/mol. The minimum absolute atomic E-state index is 0.0209. The van der Waals surface area contributed by atoms with Crippen molar-refractivity contribution in [1.82, 2.24) is 25.5 Å². The van der Waals surface area contributed by atoms with Crippen molar-refractivity contribution in [2.45, 2.75) is 35.6 Å². The summed E-state index contributed by atoms with van der Waals surface area (Å²) in [5.74, 6) is 0.772. The third-order valence-electron chi connectivity index (χ3n) is 6.91. The molecular weight excluding hydrogens is 631 g/mol. The highest BCUT2D eigenvalue weighted by molar-refractivity contribution is 14.1. The maximum Gasteiger partial charge on any atom is 0.302 e. The van der Waals surface area contributed by atoms with Gasteiger partial charge in [-0.3, -0.25) is 9.59 Å². The quantitative estimate of drug-likeness (QED) is 0.117. The lowest BCUT2D eigenvalue weighted by Gasteiger charge is -2.38. The van der Waals surface area contributed by atoms with E-state index in [9.17, 15) is 9.59 Å². The van der Waals surface area contributed by atoms with Crippen molar-refractivity contribution in [2.24, 2.45) is 4.99 Å². The van der Waals surface area contributed by atoms with Crippen LogP contribution in [0, 0.1) is 0 Å². The summed E-state index contributed by atoms with van der Waals surface area (Å²) in [6.45, 7) is 3.02. The van der Waals surface area contributed by atoms with Crippen molar-refractivity contribution < 1.29 is 23.8 Å². The lowest BCUT2D eigenvalue weighted by Crippen LogP contribution is -2.53. The number of guanidine groups is 1. The topological polar surface area (TPSA) is 179 Å². The van der Waals surface area contributed by atoms with Gasteiger partial charge in [-0.25, -0.2) is 9.97 Å². The number of aryl methyl sites for hydroxylation is 1. The number of nitrogen functional groups attached to an aromatic ring is 2. The molecule has 14 heteroatoms. The van der Waals surface area contributed by atoms with Crippen LogP contribution in [0.15, 0.2) is 29.3 Å². The number of aromatic nitrogens is 2. The molecule has 2 aliphatic heterocycles. The Morgan fingerprint density at radius 1 is 1.12 bits per heavy atom. The number of nitrogens with two attached hydrogens (primary N) is 2. The summed E-state index contributed by atoms with van der Waals surface area (Å²) in [6, 6.07) is 7.68. The Bertz CT molecular complexity index is 1220. The number of nitrogens with one attached hydrogen (secondary N) is 2. The molecular formula is C26H35IN8O5. The van der Waals surface area contributed by atoms with E-state index in [-0.39, 0.29) is 35.6 Å². The summed E-state index contributed by atoms with van der Waals surface area (Å²) in [5.41, 5.74) is 12.9. The molecule has 2 saturated heterocycles. The number of alkyl halides is 1. The number of carbonyl (C=O) groups is 2. The van der Waals surface area contributed by atoms with Crippen LogP contribution in [0.3, 0.4) is 0 Å². The summed E-state index contributed by atoms with van der Waals surface area (Å²) >= 11 is 2.09. The van der Waals surface area contributed by atoms with Gasteiger partial charge in [-0.15, -0.1) is 0 Å². The number of benzene rings is 1. The molecule has 2 aromatic rings. The van der Waals surface area contributed by atoms with Gasteiger partial charge in [-0.2, -0.15) is 4.99 Å². The van der Waals surface area contributed by atoms with Gasteiger partial charge in [0.15, 0.2) is 24.3 Å². The number of ether oxygens (including phenoxy) is 3. The zero-order valence-corrected chi connectivity index (χ0v) is 24.6. The Balaban J connectivity index is 1.22. The van der Waals surface area contributed by atoms with Crippen LogP contribution in [0.25, 0.3) is 0 Å². The molecule has 4 rings (SSSR count). The Labute approximate surface area is 246 Å². The molecule has 1 aromatic carbocycles. The van der Waals surface area contributed by atoms with Crippen LogP contribution in [0.5, 0.6) is 5.75 Å². The lowest BCUT2D eigenvalue weighted by molar-refractivity contribution is -0.132. The van der Waals surface area contributed by atoms with Crippen molar-refractivity contribution >= 4 is 52.0 Å². The highest BCUT2D eigenvalue weighted by Gasteiger charge is 2.40. The van der Waals surface area contributed by atoms with Gasteiger partial charge in [0, 0.05) is 37.6 Å². The third-order valence-corrected chi connectivity index (χ3v) is 7.63. The number of methoxy groups -OCH3 is 1. The van der Waals surface area contributed by atoms with Crippen LogP contribution in [0.2, 0.25) is 0 Å². The van der Waals surface area contributed by atoms with E-state index < -0.39 is 5.91 Å². The van der Waals surface area contributed by atoms with Crippen LogP contribution < -0.4 is 26.8 Å². The van der Waals surface area contributed by atoms with E-state index in [0.717, 1.165) is 18.4 Å². The Kier molecular flexibility index (Phi) is 10.3. The van der Waals surface area contributed by atoms with Crippen LogP contribution >= 0.6 is 22.6 Å². The normalized spacial score (nSPS) is 17.1. The monoisotopic (exact) mass is 666 g/mol. The number of nitrogens with zero attached hydrogens (tertiary/aromatic N) is 4. The molecule has 1 aromatic heterocycles. The van der Waals surface area contributed by atoms with E-state index in [2.05, 4.69) is 48.2 Å². The number of hydrogen-bond acceptors (Lipinski definition) is 9. The molecule has 2 amide bonds. The van der Waals surface area contributed by atoms with E-state index in [4.69, 9.17) is 25.7 Å². The highest BCUT2D eigenvalue weighted by atomic mass is 127. The first-order valence-corrected chi connectivity index (χ1v) is 14.5. The fourth-order valence-corrected chi connectivity index (χ4v) is 5.09. The van der Waals surface area contributed by atoms with E-state index in [1.54, 1.807) is 7.11 Å². The highest BCUT2D eigenvalue weighted by Crippen LogP contribution is 2.25. The minimum Gasteiger partial charge on any atom is -0.468 e. The first-order chi connectivity index (χ1) is 19.3.